The van der Waals surface area contributed by atoms with Crippen molar-refractivity contribution in [2.24, 2.45) is 10.9 Å². The molecule has 7 heteroatoms. The lowest BCUT2D eigenvalue weighted by atomic mass is 10.1. The molecule has 1 aliphatic heterocycles. The number of likely N-dealkylation sites (tertiary alicyclic amines) is 1. The lowest BCUT2D eigenvalue weighted by Gasteiger charge is -2.16. The lowest BCUT2D eigenvalue weighted by Crippen LogP contribution is -2.37. The maximum atomic E-state index is 11.7. The number of hydrogen-bond acceptors (Lipinski definition) is 3. The molecule has 0 atom stereocenters. The average molecular weight is 500 g/mol. The molecule has 6 nitrogen and oxygen atoms in total. The molecule has 1 saturated heterocycles. The minimum atomic E-state index is 0. The van der Waals surface area contributed by atoms with Crippen molar-refractivity contribution in [2.45, 2.75) is 45.2 Å². The van der Waals surface area contributed by atoms with Crippen LogP contribution in [0.1, 0.15) is 43.2 Å². The van der Waals surface area contributed by atoms with Gasteiger partial charge in [-0.25, -0.2) is 0 Å². The van der Waals surface area contributed by atoms with E-state index in [1.807, 2.05) is 4.90 Å². The summed E-state index contributed by atoms with van der Waals surface area (Å²) in [4.78, 5) is 17.9. The number of halogens is 1. The highest BCUT2D eigenvalue weighted by molar-refractivity contribution is 14.0. The highest BCUT2D eigenvalue weighted by atomic mass is 127. The molecule has 2 N–H and O–H groups in total. The quantitative estimate of drug-likeness (QED) is 0.225. The molecule has 0 radical (unpaired) electrons. The van der Waals surface area contributed by atoms with Crippen LogP contribution in [0.15, 0.2) is 29.3 Å². The van der Waals surface area contributed by atoms with Crippen LogP contribution in [-0.4, -0.2) is 50.1 Å². The number of carbonyl (C=O) groups is 1. The Bertz CT molecular complexity index is 632. The number of aliphatic imine (C=N–C) groups is 1. The summed E-state index contributed by atoms with van der Waals surface area (Å²) >= 11 is 0. The van der Waals surface area contributed by atoms with E-state index in [0.717, 1.165) is 64.1 Å². The number of nitrogens with one attached hydrogen (secondary N) is 2. The van der Waals surface area contributed by atoms with Crippen LogP contribution in [0.2, 0.25) is 0 Å². The number of amides is 1. The van der Waals surface area contributed by atoms with Crippen LogP contribution in [0.5, 0.6) is 0 Å². The first-order valence-corrected chi connectivity index (χ1v) is 10.1. The second-order valence-electron chi connectivity index (χ2n) is 7.46. The van der Waals surface area contributed by atoms with E-state index in [1.54, 1.807) is 7.05 Å². The van der Waals surface area contributed by atoms with Crippen molar-refractivity contribution in [1.82, 2.24) is 15.5 Å². The Kier molecular flexibility index (Phi) is 10.0. The van der Waals surface area contributed by atoms with Gasteiger partial charge in [-0.15, -0.1) is 24.0 Å². The molecule has 0 spiro atoms. The zero-order valence-electron chi connectivity index (χ0n) is 16.8. The maximum absolute atomic E-state index is 11.7. The predicted octanol–water partition coefficient (Wildman–Crippen LogP) is 2.91. The Labute approximate surface area is 185 Å². The van der Waals surface area contributed by atoms with Gasteiger partial charge in [0.1, 0.15) is 0 Å². The molecule has 3 rings (SSSR count). The predicted molar refractivity (Wildman–Crippen MR) is 123 cm³/mol. The second-order valence-corrected chi connectivity index (χ2v) is 7.46. The zero-order valence-corrected chi connectivity index (χ0v) is 19.1. The number of rotatable bonds is 10. The fraction of sp³-hybridized carbons (Fsp3) is 0.619. The van der Waals surface area contributed by atoms with Crippen molar-refractivity contribution >= 4 is 35.8 Å². The van der Waals surface area contributed by atoms with Crippen molar-refractivity contribution in [2.75, 3.05) is 33.4 Å². The summed E-state index contributed by atoms with van der Waals surface area (Å²) in [5.41, 5.74) is 2.38. The molecule has 1 aliphatic carbocycles. The summed E-state index contributed by atoms with van der Waals surface area (Å²) in [7, 11) is 1.79. The molecule has 0 unspecified atom stereocenters. The van der Waals surface area contributed by atoms with E-state index in [4.69, 9.17) is 4.74 Å². The van der Waals surface area contributed by atoms with Crippen LogP contribution >= 0.6 is 24.0 Å². The molecule has 1 aromatic carbocycles. The van der Waals surface area contributed by atoms with Gasteiger partial charge in [-0.1, -0.05) is 24.3 Å². The first-order valence-electron chi connectivity index (χ1n) is 10.1. The molecular weight excluding hydrogens is 467 g/mol. The number of benzene rings is 1. The Morgan fingerprint density at radius 1 is 1.21 bits per heavy atom. The van der Waals surface area contributed by atoms with Crippen molar-refractivity contribution in [1.29, 1.82) is 0 Å². The van der Waals surface area contributed by atoms with Crippen LogP contribution < -0.4 is 10.6 Å². The monoisotopic (exact) mass is 500 g/mol. The van der Waals surface area contributed by atoms with E-state index in [-0.39, 0.29) is 29.9 Å². The Hall–Kier alpha value is -1.35. The van der Waals surface area contributed by atoms with E-state index < -0.39 is 0 Å². The molecule has 1 heterocycles. The maximum Gasteiger partial charge on any atom is 0.222 e. The molecule has 0 aromatic heterocycles. The van der Waals surface area contributed by atoms with Gasteiger partial charge in [0, 0.05) is 52.9 Å². The fourth-order valence-electron chi connectivity index (χ4n) is 3.18. The number of hydrogen-bond donors (Lipinski definition) is 2. The molecule has 0 bridgehead atoms. The van der Waals surface area contributed by atoms with Crippen LogP contribution in [0.25, 0.3) is 0 Å². The summed E-state index contributed by atoms with van der Waals surface area (Å²) in [5, 5.41) is 6.66. The first kappa shape index (κ1) is 22.9. The number of ether oxygens (including phenoxy) is 1. The van der Waals surface area contributed by atoms with E-state index in [0.29, 0.717) is 6.42 Å². The Morgan fingerprint density at radius 2 is 1.96 bits per heavy atom. The van der Waals surface area contributed by atoms with E-state index in [1.165, 1.54) is 24.0 Å². The van der Waals surface area contributed by atoms with Gasteiger partial charge in [0.05, 0.1) is 0 Å². The van der Waals surface area contributed by atoms with Gasteiger partial charge in [0.25, 0.3) is 0 Å². The molecule has 1 saturated carbocycles. The molecular formula is C21H33IN4O2. The summed E-state index contributed by atoms with van der Waals surface area (Å²) in [6.45, 7) is 4.92. The van der Waals surface area contributed by atoms with E-state index in [2.05, 4.69) is 39.9 Å². The van der Waals surface area contributed by atoms with Gasteiger partial charge in [0.15, 0.2) is 5.96 Å². The standard InChI is InChI=1S/C21H32N4O2.HI/c1-22-21(23-11-3-13-27-16-19-9-10-19)24-14-17-5-7-18(8-6-17)15-25-12-2-4-20(25)26;/h5-8,19H,2-4,9-16H2,1H3,(H2,22,23,24);1H. The van der Waals surface area contributed by atoms with Crippen molar-refractivity contribution in [3.8, 4) is 0 Å². The average Bonchev–Trinajstić information content (AvgIpc) is 3.43. The largest absolute Gasteiger partial charge is 0.381 e. The second kappa shape index (κ2) is 12.3. The van der Waals surface area contributed by atoms with Crippen LogP contribution in [0.3, 0.4) is 0 Å². The van der Waals surface area contributed by atoms with E-state index >= 15 is 0 Å². The van der Waals surface area contributed by atoms with E-state index in [9.17, 15) is 4.79 Å². The zero-order chi connectivity index (χ0) is 18.9. The van der Waals surface area contributed by atoms with Crippen molar-refractivity contribution < 1.29 is 9.53 Å². The SMILES string of the molecule is CN=C(NCCCOCC1CC1)NCc1ccc(CN2CCCC2=O)cc1.I. The molecule has 2 fully saturated rings. The van der Waals surface area contributed by atoms with Crippen molar-refractivity contribution in [3.05, 3.63) is 35.4 Å². The highest BCUT2D eigenvalue weighted by Gasteiger charge is 2.21. The fourth-order valence-corrected chi connectivity index (χ4v) is 3.18. The Morgan fingerprint density at radius 3 is 2.61 bits per heavy atom. The summed E-state index contributed by atoms with van der Waals surface area (Å²) in [6.07, 6.45) is 5.34. The smallest absolute Gasteiger partial charge is 0.222 e. The third kappa shape index (κ3) is 7.95. The first-order chi connectivity index (χ1) is 13.2. The third-order valence-electron chi connectivity index (χ3n) is 5.06. The number of guanidine groups is 1. The van der Waals surface area contributed by atoms with Crippen LogP contribution in [0, 0.1) is 5.92 Å². The van der Waals surface area contributed by atoms with Crippen LogP contribution in [0.4, 0.5) is 0 Å². The number of nitrogens with zero attached hydrogens (tertiary/aromatic N) is 2. The summed E-state index contributed by atoms with van der Waals surface area (Å²) in [5.74, 6) is 1.91. The Balaban J connectivity index is 0.00000280. The van der Waals surface area contributed by atoms with Gasteiger partial charge < -0.3 is 20.3 Å². The topological polar surface area (TPSA) is 66.0 Å². The van der Waals surface area contributed by atoms with Crippen molar-refractivity contribution in [3.63, 3.8) is 0 Å². The normalized spacial score (nSPS) is 16.8. The van der Waals surface area contributed by atoms with Gasteiger partial charge in [-0.3, -0.25) is 9.79 Å². The van der Waals surface area contributed by atoms with Crippen LogP contribution in [-0.2, 0) is 22.6 Å². The molecule has 1 amide bonds. The molecule has 1 aromatic rings. The summed E-state index contributed by atoms with van der Waals surface area (Å²) in [6, 6.07) is 8.44. The summed E-state index contributed by atoms with van der Waals surface area (Å²) < 4.78 is 5.64. The molecule has 28 heavy (non-hydrogen) atoms. The third-order valence-corrected chi connectivity index (χ3v) is 5.06. The van der Waals surface area contributed by atoms with Gasteiger partial charge in [-0.2, -0.15) is 0 Å². The molecule has 156 valence electrons. The van der Waals surface area contributed by atoms with Gasteiger partial charge in [0.2, 0.25) is 5.91 Å². The highest BCUT2D eigenvalue weighted by Crippen LogP contribution is 2.28. The number of carbonyl (C=O) groups excluding carboxylic acids is 1. The van der Waals surface area contributed by atoms with Gasteiger partial charge in [-0.05, 0) is 42.7 Å². The minimum Gasteiger partial charge on any atom is -0.381 e. The molecule has 2 aliphatic rings. The lowest BCUT2D eigenvalue weighted by molar-refractivity contribution is -0.128. The minimum absolute atomic E-state index is 0. The van der Waals surface area contributed by atoms with Gasteiger partial charge >= 0.3 is 0 Å².